The van der Waals surface area contributed by atoms with Gasteiger partial charge in [0.15, 0.2) is 0 Å². The predicted octanol–water partition coefficient (Wildman–Crippen LogP) is 1.64. The van der Waals surface area contributed by atoms with Crippen LogP contribution in [0.4, 0.5) is 0 Å². The summed E-state index contributed by atoms with van der Waals surface area (Å²) in [5.41, 5.74) is -3.00. The average Bonchev–Trinajstić information content (AvgIpc) is 3.41. The average molecular weight is 498 g/mol. The largest absolute Gasteiger partial charge is 0.497 e. The number of carbonyl (C=O) groups is 3. The molecule has 0 bridgehead atoms. The molecule has 2 amide bonds. The number of aromatic nitrogens is 1. The van der Waals surface area contributed by atoms with E-state index in [1.807, 2.05) is 0 Å². The summed E-state index contributed by atoms with van der Waals surface area (Å²) in [6.45, 7) is 6.72. The van der Waals surface area contributed by atoms with Crippen molar-refractivity contribution in [2.45, 2.75) is 70.1 Å². The number of fused-ring (bicyclic) bond motifs is 5. The number of benzene rings is 1. The first-order valence-corrected chi connectivity index (χ1v) is 12.0. The first-order valence-electron chi connectivity index (χ1n) is 12.0. The maximum Gasteiger partial charge on any atom is 0.279 e. The minimum absolute atomic E-state index is 0.118. The van der Waals surface area contributed by atoms with Gasteiger partial charge in [-0.1, -0.05) is 5.57 Å². The quantitative estimate of drug-likeness (QED) is 0.549. The Morgan fingerprint density at radius 2 is 1.94 bits per heavy atom. The van der Waals surface area contributed by atoms with Crippen LogP contribution in [0, 0.1) is 0 Å². The number of amides is 2. The fourth-order valence-electron chi connectivity index (χ4n) is 6.00. The van der Waals surface area contributed by atoms with Gasteiger partial charge in [-0.2, -0.15) is 0 Å². The first-order chi connectivity index (χ1) is 16.8. The molecule has 3 N–H and O–H groups in total. The zero-order valence-corrected chi connectivity index (χ0v) is 21.0. The highest BCUT2D eigenvalue weighted by Gasteiger charge is 2.68. The molecule has 2 unspecified atom stereocenters. The molecular formula is C26H31N3O7. The minimum atomic E-state index is -2.64. The van der Waals surface area contributed by atoms with E-state index in [9.17, 15) is 29.7 Å². The first kappa shape index (κ1) is 24.5. The van der Waals surface area contributed by atoms with Crippen LogP contribution < -0.4 is 4.74 Å². The van der Waals surface area contributed by atoms with Crippen molar-refractivity contribution in [3.63, 3.8) is 0 Å². The van der Waals surface area contributed by atoms with Gasteiger partial charge < -0.3 is 25.0 Å². The highest BCUT2D eigenvalue weighted by atomic mass is 16.5. The maximum atomic E-state index is 13.8. The molecule has 1 aromatic carbocycles. The fraction of sp³-hybridized carbons (Fsp3) is 0.500. The Morgan fingerprint density at radius 3 is 2.56 bits per heavy atom. The number of carbonyl (C=O) groups excluding carboxylic acids is 3. The van der Waals surface area contributed by atoms with E-state index in [0.717, 1.165) is 10.5 Å². The molecule has 3 aliphatic rings. The van der Waals surface area contributed by atoms with Gasteiger partial charge >= 0.3 is 0 Å². The number of aliphatic hydroxyl groups is 3. The predicted molar refractivity (Wildman–Crippen MR) is 129 cm³/mol. The summed E-state index contributed by atoms with van der Waals surface area (Å²) in [7, 11) is 1.48. The smallest absolute Gasteiger partial charge is 0.279 e. The third-order valence-electron chi connectivity index (χ3n) is 7.44. The van der Waals surface area contributed by atoms with Gasteiger partial charge in [0, 0.05) is 29.6 Å². The Labute approximate surface area is 208 Å². The van der Waals surface area contributed by atoms with Crippen LogP contribution in [0.3, 0.4) is 0 Å². The molecule has 10 nitrogen and oxygen atoms in total. The second-order valence-corrected chi connectivity index (χ2v) is 10.6. The molecule has 4 heterocycles. The van der Waals surface area contributed by atoms with Crippen molar-refractivity contribution in [3.8, 4) is 5.75 Å². The van der Waals surface area contributed by atoms with Crippen molar-refractivity contribution in [2.75, 3.05) is 13.7 Å². The second kappa shape index (κ2) is 7.89. The summed E-state index contributed by atoms with van der Waals surface area (Å²) in [5.74, 6) is -1.38. The number of hydrogen-bond donors (Lipinski definition) is 3. The molecule has 0 saturated carbocycles. The lowest BCUT2D eigenvalue weighted by atomic mass is 9.78. The minimum Gasteiger partial charge on any atom is -0.497 e. The van der Waals surface area contributed by atoms with Crippen LogP contribution in [-0.2, 0) is 9.59 Å². The SMILES string of the molecule is COc1ccc2c3c(n(C(=O)C=C(C)C)c2c1)[C@H](C(C)(C)O)N1C(=O)[C@@H]2CCCN2C(=O)C1(O)C3O. The third kappa shape index (κ3) is 3.11. The van der Waals surface area contributed by atoms with Crippen molar-refractivity contribution in [3.05, 3.63) is 41.1 Å². The summed E-state index contributed by atoms with van der Waals surface area (Å²) < 4.78 is 6.70. The molecule has 3 aliphatic heterocycles. The van der Waals surface area contributed by atoms with Gasteiger partial charge in [-0.3, -0.25) is 23.9 Å². The number of aliphatic hydroxyl groups excluding tert-OH is 1. The molecule has 5 rings (SSSR count). The Kier molecular flexibility index (Phi) is 5.37. The van der Waals surface area contributed by atoms with Crippen LogP contribution in [-0.4, -0.2) is 78.4 Å². The molecule has 0 aliphatic carbocycles. The number of nitrogens with zero attached hydrogens (tertiary/aromatic N) is 3. The zero-order valence-electron chi connectivity index (χ0n) is 21.0. The van der Waals surface area contributed by atoms with Crippen molar-refractivity contribution in [1.29, 1.82) is 0 Å². The molecule has 0 spiro atoms. The van der Waals surface area contributed by atoms with E-state index in [2.05, 4.69) is 0 Å². The summed E-state index contributed by atoms with van der Waals surface area (Å²) >= 11 is 0. The van der Waals surface area contributed by atoms with E-state index in [4.69, 9.17) is 4.74 Å². The molecule has 10 heteroatoms. The Balaban J connectivity index is 1.91. The van der Waals surface area contributed by atoms with E-state index >= 15 is 0 Å². The zero-order chi connectivity index (χ0) is 26.3. The lowest BCUT2D eigenvalue weighted by Crippen LogP contribution is -2.75. The summed E-state index contributed by atoms with van der Waals surface area (Å²) in [4.78, 5) is 43.3. The number of ether oxygens (including phenoxy) is 1. The van der Waals surface area contributed by atoms with E-state index in [0.29, 0.717) is 29.5 Å². The molecule has 2 fully saturated rings. The monoisotopic (exact) mass is 497 g/mol. The molecule has 2 saturated heterocycles. The topological polar surface area (TPSA) is 133 Å². The van der Waals surface area contributed by atoms with Gasteiger partial charge in [-0.05, 0) is 52.7 Å². The molecule has 36 heavy (non-hydrogen) atoms. The van der Waals surface area contributed by atoms with Gasteiger partial charge in [0.25, 0.3) is 17.5 Å². The highest BCUT2D eigenvalue weighted by molar-refractivity contribution is 6.05. The van der Waals surface area contributed by atoms with Gasteiger partial charge in [0.2, 0.25) is 5.91 Å². The summed E-state index contributed by atoms with van der Waals surface area (Å²) in [6, 6.07) is 2.78. The van der Waals surface area contributed by atoms with Crippen LogP contribution in [0.2, 0.25) is 0 Å². The number of rotatable bonds is 3. The van der Waals surface area contributed by atoms with Gasteiger partial charge in [-0.15, -0.1) is 0 Å². The Hall–Kier alpha value is -3.21. The molecule has 192 valence electrons. The Morgan fingerprint density at radius 1 is 1.25 bits per heavy atom. The van der Waals surface area contributed by atoms with E-state index in [-0.39, 0.29) is 17.8 Å². The van der Waals surface area contributed by atoms with Crippen molar-refractivity contribution in [2.24, 2.45) is 0 Å². The third-order valence-corrected chi connectivity index (χ3v) is 7.44. The van der Waals surface area contributed by atoms with Crippen LogP contribution in [0.25, 0.3) is 10.9 Å². The van der Waals surface area contributed by atoms with E-state index < -0.39 is 47.2 Å². The summed E-state index contributed by atoms with van der Waals surface area (Å²) in [6.07, 6.45) is 0.544. The molecular weight excluding hydrogens is 466 g/mol. The van der Waals surface area contributed by atoms with E-state index in [1.54, 1.807) is 32.0 Å². The molecule has 0 radical (unpaired) electrons. The fourth-order valence-corrected chi connectivity index (χ4v) is 6.00. The number of allylic oxidation sites excluding steroid dienone is 2. The van der Waals surface area contributed by atoms with Crippen molar-refractivity contribution < 1.29 is 34.4 Å². The van der Waals surface area contributed by atoms with Gasteiger partial charge in [0.05, 0.1) is 23.9 Å². The standard InChI is InChI=1S/C26H31N3O7/c1-13(2)11-18(30)28-17-12-14(36-5)8-9-15(17)19-20(28)21(25(3,4)34)29-23(32)16-7-6-10-27(16)24(33)26(29,35)22(19)31/h8-9,11-12,16,21-22,31,34-35H,6-7,10H2,1-5H3/t16-,21+,22?,26?/m0/s1. The van der Waals surface area contributed by atoms with Gasteiger partial charge in [-0.25, -0.2) is 0 Å². The normalized spacial score (nSPS) is 27.6. The maximum absolute atomic E-state index is 13.8. The summed E-state index contributed by atoms with van der Waals surface area (Å²) in [5, 5.41) is 35.4. The van der Waals surface area contributed by atoms with Crippen molar-refractivity contribution in [1.82, 2.24) is 14.4 Å². The van der Waals surface area contributed by atoms with Crippen LogP contribution >= 0.6 is 0 Å². The van der Waals surface area contributed by atoms with E-state index in [1.165, 1.54) is 36.5 Å². The molecule has 1 aromatic heterocycles. The number of hydrogen-bond acceptors (Lipinski definition) is 7. The van der Waals surface area contributed by atoms with Crippen LogP contribution in [0.5, 0.6) is 5.75 Å². The number of methoxy groups -OCH3 is 1. The molecule has 4 atom stereocenters. The highest BCUT2D eigenvalue weighted by Crippen LogP contribution is 2.54. The lowest BCUT2D eigenvalue weighted by Gasteiger charge is -2.56. The van der Waals surface area contributed by atoms with Crippen molar-refractivity contribution >= 4 is 28.6 Å². The lowest BCUT2D eigenvalue weighted by molar-refractivity contribution is -0.243. The van der Waals surface area contributed by atoms with Gasteiger partial charge in [0.1, 0.15) is 23.9 Å². The Bertz CT molecular complexity index is 1330. The second-order valence-electron chi connectivity index (χ2n) is 10.6. The molecule has 2 aromatic rings. The van der Waals surface area contributed by atoms with Crippen LogP contribution in [0.15, 0.2) is 29.8 Å². The number of piperazine rings is 1. The van der Waals surface area contributed by atoms with Crippen LogP contribution in [0.1, 0.15) is 68.7 Å².